The maximum atomic E-state index is 12.6. The second kappa shape index (κ2) is 7.22. The van der Waals surface area contributed by atoms with Crippen LogP contribution in [0.1, 0.15) is 34.0 Å². The second-order valence-corrected chi connectivity index (χ2v) is 6.98. The predicted octanol–water partition coefficient (Wildman–Crippen LogP) is 1.54. The van der Waals surface area contributed by atoms with Crippen molar-refractivity contribution in [2.45, 2.75) is 32.4 Å². The molecule has 0 unspecified atom stereocenters. The van der Waals surface area contributed by atoms with E-state index < -0.39 is 0 Å². The molecule has 0 spiro atoms. The summed E-state index contributed by atoms with van der Waals surface area (Å²) in [6.45, 7) is 3.54. The Kier molecular flexibility index (Phi) is 4.62. The van der Waals surface area contributed by atoms with Crippen LogP contribution in [0.25, 0.3) is 0 Å². The van der Waals surface area contributed by atoms with Gasteiger partial charge in [0.15, 0.2) is 0 Å². The van der Waals surface area contributed by atoms with Crippen molar-refractivity contribution in [1.82, 2.24) is 30.3 Å². The van der Waals surface area contributed by atoms with E-state index in [1.807, 2.05) is 48.3 Å². The highest BCUT2D eigenvalue weighted by Crippen LogP contribution is 2.22. The Morgan fingerprint density at radius 2 is 2.15 bits per heavy atom. The van der Waals surface area contributed by atoms with Crippen molar-refractivity contribution in [3.8, 4) is 0 Å². The van der Waals surface area contributed by atoms with Crippen molar-refractivity contribution < 1.29 is 4.79 Å². The third-order valence-corrected chi connectivity index (χ3v) is 4.82. The molecule has 1 atom stereocenters. The van der Waals surface area contributed by atoms with Gasteiger partial charge in [-0.15, -0.1) is 5.10 Å². The van der Waals surface area contributed by atoms with Gasteiger partial charge in [0.2, 0.25) is 5.82 Å². The number of carbonyl (C=O) groups excluding carboxylic acids is 1. The van der Waals surface area contributed by atoms with E-state index in [0.717, 1.165) is 36.5 Å². The van der Waals surface area contributed by atoms with Crippen molar-refractivity contribution in [3.05, 3.63) is 59.3 Å². The summed E-state index contributed by atoms with van der Waals surface area (Å²) in [5, 5.41) is 14.4. The number of carbonyl (C=O) groups is 1. The molecule has 0 fully saturated rings. The Hall–Kier alpha value is -3.16. The summed E-state index contributed by atoms with van der Waals surface area (Å²) in [5.74, 6) is 1.72. The van der Waals surface area contributed by atoms with Crippen LogP contribution in [-0.4, -0.2) is 50.5 Å². The highest BCUT2D eigenvalue weighted by molar-refractivity contribution is 5.90. The molecule has 0 bridgehead atoms. The summed E-state index contributed by atoms with van der Waals surface area (Å²) in [4.78, 5) is 19.1. The fourth-order valence-electron chi connectivity index (χ4n) is 3.55. The highest BCUT2D eigenvalue weighted by Gasteiger charge is 2.24. The molecule has 2 N–H and O–H groups in total. The third kappa shape index (κ3) is 3.69. The zero-order chi connectivity index (χ0) is 18.8. The first kappa shape index (κ1) is 17.3. The van der Waals surface area contributed by atoms with E-state index in [0.29, 0.717) is 12.2 Å². The number of hydrogen-bond donors (Lipinski definition) is 2. The van der Waals surface area contributed by atoms with Gasteiger partial charge in [0.25, 0.3) is 5.91 Å². The number of amides is 1. The smallest absolute Gasteiger partial charge is 0.291 e. The average molecular weight is 365 g/mol. The van der Waals surface area contributed by atoms with Crippen molar-refractivity contribution >= 4 is 11.7 Å². The Bertz CT molecular complexity index is 931. The highest BCUT2D eigenvalue weighted by atomic mass is 16.2. The van der Waals surface area contributed by atoms with E-state index in [4.69, 9.17) is 0 Å². The molecule has 1 amide bonds. The average Bonchev–Trinajstić information content (AvgIpc) is 3.23. The van der Waals surface area contributed by atoms with Crippen LogP contribution in [0.4, 0.5) is 5.82 Å². The van der Waals surface area contributed by atoms with Gasteiger partial charge in [0, 0.05) is 38.2 Å². The molecule has 27 heavy (non-hydrogen) atoms. The van der Waals surface area contributed by atoms with Crippen LogP contribution in [-0.2, 0) is 13.0 Å². The number of benzene rings is 1. The molecule has 4 rings (SSSR count). The lowest BCUT2D eigenvalue weighted by atomic mass is 10.1. The number of rotatable bonds is 4. The largest absolute Gasteiger partial charge is 0.358 e. The number of H-pyrrole nitrogens is 1. The number of hydrogen-bond acceptors (Lipinski definition) is 5. The standard InChI is InChI=1S/C19H23N7O/c1-13-11-20-26-9-8-15(12-25(2)19(13)26)21-18(27)17-22-16(23-24-17)10-14-6-4-3-5-7-14/h3-7,11,15H,8-10,12H2,1-2H3,(H,21,27)(H,22,23,24)/t15-/m1/s1. The number of aryl methyl sites for hydroxylation is 2. The maximum Gasteiger partial charge on any atom is 0.291 e. The lowest BCUT2D eigenvalue weighted by Gasteiger charge is -2.22. The molecular weight excluding hydrogens is 342 g/mol. The van der Waals surface area contributed by atoms with Crippen molar-refractivity contribution in [1.29, 1.82) is 0 Å². The quantitative estimate of drug-likeness (QED) is 0.732. The molecule has 140 valence electrons. The Balaban J connectivity index is 1.40. The number of nitrogens with one attached hydrogen (secondary N) is 2. The molecule has 1 aliphatic rings. The van der Waals surface area contributed by atoms with Gasteiger partial charge in [-0.25, -0.2) is 9.67 Å². The zero-order valence-corrected chi connectivity index (χ0v) is 15.5. The Labute approximate surface area is 157 Å². The van der Waals surface area contributed by atoms with E-state index in [9.17, 15) is 4.79 Å². The Morgan fingerprint density at radius 3 is 2.96 bits per heavy atom. The molecule has 0 saturated carbocycles. The summed E-state index contributed by atoms with van der Waals surface area (Å²) < 4.78 is 1.99. The van der Waals surface area contributed by atoms with E-state index in [1.165, 1.54) is 0 Å². The first-order chi connectivity index (χ1) is 13.1. The van der Waals surface area contributed by atoms with E-state index in [-0.39, 0.29) is 17.8 Å². The summed E-state index contributed by atoms with van der Waals surface area (Å²) in [5.41, 5.74) is 2.26. The van der Waals surface area contributed by atoms with Gasteiger partial charge < -0.3 is 10.2 Å². The first-order valence-electron chi connectivity index (χ1n) is 9.10. The van der Waals surface area contributed by atoms with Crippen LogP contribution in [0.3, 0.4) is 0 Å². The molecule has 0 aliphatic carbocycles. The summed E-state index contributed by atoms with van der Waals surface area (Å²) in [6, 6.07) is 9.99. The van der Waals surface area contributed by atoms with Gasteiger partial charge in [-0.3, -0.25) is 9.89 Å². The summed E-state index contributed by atoms with van der Waals surface area (Å²) in [7, 11) is 2.02. The molecular formula is C19H23N7O. The van der Waals surface area contributed by atoms with Gasteiger partial charge >= 0.3 is 0 Å². The molecule has 3 aromatic rings. The Morgan fingerprint density at radius 1 is 1.33 bits per heavy atom. The lowest BCUT2D eigenvalue weighted by Crippen LogP contribution is -2.42. The maximum absolute atomic E-state index is 12.6. The lowest BCUT2D eigenvalue weighted by molar-refractivity contribution is 0.0925. The van der Waals surface area contributed by atoms with Crippen LogP contribution in [0.2, 0.25) is 0 Å². The van der Waals surface area contributed by atoms with Gasteiger partial charge in [-0.05, 0) is 18.9 Å². The van der Waals surface area contributed by atoms with Crippen molar-refractivity contribution in [2.24, 2.45) is 0 Å². The van der Waals surface area contributed by atoms with Gasteiger partial charge in [-0.1, -0.05) is 30.3 Å². The van der Waals surface area contributed by atoms with Gasteiger partial charge in [0.05, 0.1) is 6.20 Å². The predicted molar refractivity (Wildman–Crippen MR) is 102 cm³/mol. The van der Waals surface area contributed by atoms with Crippen molar-refractivity contribution in [3.63, 3.8) is 0 Å². The zero-order valence-electron chi connectivity index (χ0n) is 15.5. The molecule has 0 radical (unpaired) electrons. The summed E-state index contributed by atoms with van der Waals surface area (Å²) >= 11 is 0. The van der Waals surface area contributed by atoms with Gasteiger partial charge in [-0.2, -0.15) is 5.10 Å². The monoisotopic (exact) mass is 365 g/mol. The number of likely N-dealkylation sites (N-methyl/N-ethyl adjacent to an activating group) is 1. The fourth-order valence-corrected chi connectivity index (χ4v) is 3.55. The summed E-state index contributed by atoms with van der Waals surface area (Å²) in [6.07, 6.45) is 3.31. The van der Waals surface area contributed by atoms with E-state index >= 15 is 0 Å². The van der Waals surface area contributed by atoms with Crippen LogP contribution in [0.15, 0.2) is 36.5 Å². The van der Waals surface area contributed by atoms with Gasteiger partial charge in [0.1, 0.15) is 11.6 Å². The number of nitrogens with zero attached hydrogens (tertiary/aromatic N) is 5. The minimum absolute atomic E-state index is 0.0136. The van der Waals surface area contributed by atoms with E-state index in [1.54, 1.807) is 0 Å². The fraction of sp³-hybridized carbons (Fsp3) is 0.368. The molecule has 3 heterocycles. The molecule has 2 aromatic heterocycles. The van der Waals surface area contributed by atoms with Crippen molar-refractivity contribution in [2.75, 3.05) is 18.5 Å². The number of fused-ring (bicyclic) bond motifs is 1. The minimum Gasteiger partial charge on any atom is -0.358 e. The first-order valence-corrected chi connectivity index (χ1v) is 9.10. The van der Waals surface area contributed by atoms with Crippen LogP contribution < -0.4 is 10.2 Å². The molecule has 1 aliphatic heterocycles. The molecule has 8 nitrogen and oxygen atoms in total. The molecule has 0 saturated heterocycles. The van der Waals surface area contributed by atoms with Crippen LogP contribution in [0.5, 0.6) is 0 Å². The molecule has 8 heteroatoms. The minimum atomic E-state index is -0.250. The van der Waals surface area contributed by atoms with E-state index in [2.05, 4.69) is 37.4 Å². The number of aromatic nitrogens is 5. The number of anilines is 1. The van der Waals surface area contributed by atoms with Crippen LogP contribution >= 0.6 is 0 Å². The second-order valence-electron chi connectivity index (χ2n) is 6.98. The number of aromatic amines is 1. The SMILES string of the molecule is Cc1cnn2c1N(C)C[C@H](NC(=O)c1n[nH]c(Cc3ccccc3)n1)CC2. The molecule has 1 aromatic carbocycles. The topological polar surface area (TPSA) is 91.7 Å². The van der Waals surface area contributed by atoms with Crippen LogP contribution in [0, 0.1) is 6.92 Å². The third-order valence-electron chi connectivity index (χ3n) is 4.82. The normalized spacial score (nSPS) is 16.7.